The number of methoxy groups -OCH3 is 1. The van der Waals surface area contributed by atoms with E-state index in [2.05, 4.69) is 16.8 Å². The van der Waals surface area contributed by atoms with Gasteiger partial charge in [0.05, 0.1) is 18.7 Å². The monoisotopic (exact) mass is 463 g/mol. The number of hydrogen-bond donors (Lipinski definition) is 1. The molecule has 0 aromatic heterocycles. The molecule has 0 saturated carbocycles. The summed E-state index contributed by atoms with van der Waals surface area (Å²) >= 11 is 0. The smallest absolute Gasteiger partial charge is 0.294 e. The number of para-hydroxylation sites is 1. The summed E-state index contributed by atoms with van der Waals surface area (Å²) in [5.41, 5.74) is 1.68. The van der Waals surface area contributed by atoms with Gasteiger partial charge in [-0.15, -0.1) is 0 Å². The number of piperazine rings is 1. The van der Waals surface area contributed by atoms with Crippen molar-refractivity contribution in [3.63, 3.8) is 0 Å². The third-order valence-corrected chi connectivity index (χ3v) is 6.56. The standard InChI is InChI=1S/C27H33N3O4/c1-27(2,3)25(32)22-23(20-8-6-7-9-21(20)34-5)30(26(33)24(22)31)19-12-10-18(11-13-19)29-16-14-28(4)15-17-29/h6-13,23,31H,14-17H2,1-5H3. The van der Waals surface area contributed by atoms with Gasteiger partial charge in [0.2, 0.25) is 0 Å². The lowest BCUT2D eigenvalue weighted by Crippen LogP contribution is -2.44. The number of carbonyl (C=O) groups is 2. The number of hydrogen-bond acceptors (Lipinski definition) is 6. The van der Waals surface area contributed by atoms with Crippen molar-refractivity contribution in [2.24, 2.45) is 5.41 Å². The van der Waals surface area contributed by atoms with Crippen LogP contribution in [0.5, 0.6) is 5.75 Å². The van der Waals surface area contributed by atoms with Crippen molar-refractivity contribution in [1.82, 2.24) is 4.90 Å². The average molecular weight is 464 g/mol. The molecular weight excluding hydrogens is 430 g/mol. The SMILES string of the molecule is COc1ccccc1C1C(C(=O)C(C)(C)C)=C(O)C(=O)N1c1ccc(N2CCN(C)CC2)cc1. The number of amides is 1. The first-order valence-electron chi connectivity index (χ1n) is 11.6. The molecule has 2 aliphatic rings. The molecule has 0 aliphatic carbocycles. The normalized spacial score (nSPS) is 19.7. The highest BCUT2D eigenvalue weighted by atomic mass is 16.5. The van der Waals surface area contributed by atoms with Crippen molar-refractivity contribution in [2.45, 2.75) is 26.8 Å². The van der Waals surface area contributed by atoms with E-state index in [1.807, 2.05) is 42.5 Å². The predicted molar refractivity (Wildman–Crippen MR) is 133 cm³/mol. The van der Waals surface area contributed by atoms with E-state index < -0.39 is 23.1 Å². The van der Waals surface area contributed by atoms with E-state index in [1.54, 1.807) is 33.9 Å². The quantitative estimate of drug-likeness (QED) is 0.724. The number of aliphatic hydroxyl groups excluding tert-OH is 1. The third kappa shape index (κ3) is 4.28. The summed E-state index contributed by atoms with van der Waals surface area (Å²) in [6.07, 6.45) is 0. The van der Waals surface area contributed by atoms with Crippen LogP contribution in [0.15, 0.2) is 59.9 Å². The Kier molecular flexibility index (Phi) is 6.41. The molecule has 1 N–H and O–H groups in total. The van der Waals surface area contributed by atoms with Crippen LogP contribution in [-0.2, 0) is 9.59 Å². The maximum atomic E-state index is 13.4. The molecule has 2 aliphatic heterocycles. The lowest BCUT2D eigenvalue weighted by molar-refractivity contribution is -0.123. The minimum Gasteiger partial charge on any atom is -0.503 e. The zero-order valence-electron chi connectivity index (χ0n) is 20.5. The molecule has 0 bridgehead atoms. The van der Waals surface area contributed by atoms with Gasteiger partial charge in [0.25, 0.3) is 5.91 Å². The van der Waals surface area contributed by atoms with E-state index in [0.29, 0.717) is 17.0 Å². The van der Waals surface area contributed by atoms with Gasteiger partial charge in [-0.3, -0.25) is 14.5 Å². The molecule has 2 aromatic rings. The molecule has 4 rings (SSSR count). The van der Waals surface area contributed by atoms with Crippen LogP contribution in [0.2, 0.25) is 0 Å². The second kappa shape index (κ2) is 9.14. The van der Waals surface area contributed by atoms with Crippen molar-refractivity contribution < 1.29 is 19.4 Å². The van der Waals surface area contributed by atoms with Crippen molar-refractivity contribution in [3.8, 4) is 5.75 Å². The number of likely N-dealkylation sites (N-methyl/N-ethyl adjacent to an activating group) is 1. The fourth-order valence-electron chi connectivity index (χ4n) is 4.58. The molecule has 1 atom stereocenters. The number of aliphatic hydroxyl groups is 1. The molecule has 1 saturated heterocycles. The number of benzene rings is 2. The Balaban J connectivity index is 1.77. The summed E-state index contributed by atoms with van der Waals surface area (Å²) in [6.45, 7) is 9.23. The Morgan fingerprint density at radius 3 is 2.15 bits per heavy atom. The summed E-state index contributed by atoms with van der Waals surface area (Å²) in [5, 5.41) is 10.9. The molecule has 2 heterocycles. The first-order chi connectivity index (χ1) is 16.1. The molecule has 7 nitrogen and oxygen atoms in total. The summed E-state index contributed by atoms with van der Waals surface area (Å²) in [5.74, 6) is -0.811. The molecule has 0 radical (unpaired) electrons. The largest absolute Gasteiger partial charge is 0.503 e. The minimum absolute atomic E-state index is 0.102. The number of ether oxygens (including phenoxy) is 1. The van der Waals surface area contributed by atoms with Crippen LogP contribution < -0.4 is 14.5 Å². The van der Waals surface area contributed by atoms with Crippen LogP contribution >= 0.6 is 0 Å². The zero-order chi connectivity index (χ0) is 24.6. The Morgan fingerprint density at radius 1 is 0.971 bits per heavy atom. The van der Waals surface area contributed by atoms with Crippen molar-refractivity contribution in [1.29, 1.82) is 0 Å². The first kappa shape index (κ1) is 23.8. The molecule has 180 valence electrons. The Bertz CT molecular complexity index is 1110. The number of rotatable bonds is 5. The van der Waals surface area contributed by atoms with E-state index in [0.717, 1.165) is 31.9 Å². The van der Waals surface area contributed by atoms with Crippen LogP contribution in [0.4, 0.5) is 11.4 Å². The molecule has 0 spiro atoms. The summed E-state index contributed by atoms with van der Waals surface area (Å²) in [4.78, 5) is 32.9. The molecule has 2 aromatic carbocycles. The molecule has 1 unspecified atom stereocenters. The van der Waals surface area contributed by atoms with Crippen LogP contribution in [0, 0.1) is 5.41 Å². The number of nitrogens with zero attached hydrogens (tertiary/aromatic N) is 3. The summed E-state index contributed by atoms with van der Waals surface area (Å²) < 4.78 is 5.57. The highest BCUT2D eigenvalue weighted by Gasteiger charge is 2.47. The van der Waals surface area contributed by atoms with E-state index in [4.69, 9.17) is 4.74 Å². The number of Topliss-reactive ketones (excluding diaryl/α,β-unsaturated/α-hetero) is 1. The molecule has 34 heavy (non-hydrogen) atoms. The van der Waals surface area contributed by atoms with E-state index in [1.165, 1.54) is 4.90 Å². The minimum atomic E-state index is -0.787. The Morgan fingerprint density at radius 2 is 1.56 bits per heavy atom. The molecular formula is C27H33N3O4. The van der Waals surface area contributed by atoms with Crippen LogP contribution in [0.1, 0.15) is 32.4 Å². The van der Waals surface area contributed by atoms with Crippen LogP contribution in [0.25, 0.3) is 0 Å². The maximum Gasteiger partial charge on any atom is 0.294 e. The van der Waals surface area contributed by atoms with Gasteiger partial charge < -0.3 is 19.6 Å². The fourth-order valence-corrected chi connectivity index (χ4v) is 4.58. The second-order valence-electron chi connectivity index (χ2n) is 9.97. The number of ketones is 1. The van der Waals surface area contributed by atoms with E-state index >= 15 is 0 Å². The van der Waals surface area contributed by atoms with Gasteiger partial charge in [0, 0.05) is 48.5 Å². The van der Waals surface area contributed by atoms with E-state index in [9.17, 15) is 14.7 Å². The number of anilines is 2. The highest BCUT2D eigenvalue weighted by molar-refractivity contribution is 6.17. The predicted octanol–water partition coefficient (Wildman–Crippen LogP) is 3.96. The van der Waals surface area contributed by atoms with Crippen LogP contribution in [-0.4, -0.2) is 62.0 Å². The third-order valence-electron chi connectivity index (χ3n) is 6.56. The maximum absolute atomic E-state index is 13.4. The van der Waals surface area contributed by atoms with Crippen molar-refractivity contribution in [2.75, 3.05) is 50.1 Å². The van der Waals surface area contributed by atoms with Gasteiger partial charge in [-0.2, -0.15) is 0 Å². The van der Waals surface area contributed by atoms with Gasteiger partial charge in [0.15, 0.2) is 11.5 Å². The Hall–Kier alpha value is -3.32. The van der Waals surface area contributed by atoms with Crippen molar-refractivity contribution in [3.05, 3.63) is 65.4 Å². The fraction of sp³-hybridized carbons (Fsp3) is 0.407. The summed E-state index contributed by atoms with van der Waals surface area (Å²) in [6, 6.07) is 14.3. The molecule has 7 heteroatoms. The van der Waals surface area contributed by atoms with Gasteiger partial charge in [-0.1, -0.05) is 39.0 Å². The van der Waals surface area contributed by atoms with Gasteiger partial charge in [0.1, 0.15) is 5.75 Å². The van der Waals surface area contributed by atoms with Gasteiger partial charge in [-0.05, 0) is 37.4 Å². The summed E-state index contributed by atoms with van der Waals surface area (Å²) in [7, 11) is 3.67. The first-order valence-corrected chi connectivity index (χ1v) is 11.6. The molecule has 1 fully saturated rings. The van der Waals surface area contributed by atoms with Crippen molar-refractivity contribution >= 4 is 23.1 Å². The van der Waals surface area contributed by atoms with Gasteiger partial charge in [-0.25, -0.2) is 0 Å². The number of carbonyl (C=O) groups excluding carboxylic acids is 2. The highest BCUT2D eigenvalue weighted by Crippen LogP contribution is 2.46. The van der Waals surface area contributed by atoms with Gasteiger partial charge >= 0.3 is 0 Å². The topological polar surface area (TPSA) is 73.3 Å². The average Bonchev–Trinajstić information content (AvgIpc) is 3.08. The molecule has 1 amide bonds. The van der Waals surface area contributed by atoms with Crippen LogP contribution in [0.3, 0.4) is 0 Å². The lowest BCUT2D eigenvalue weighted by atomic mass is 9.82. The Labute approximate surface area is 201 Å². The lowest BCUT2D eigenvalue weighted by Gasteiger charge is -2.34. The zero-order valence-corrected chi connectivity index (χ0v) is 20.5. The van der Waals surface area contributed by atoms with E-state index in [-0.39, 0.29) is 11.4 Å². The second-order valence-corrected chi connectivity index (χ2v) is 9.97.